The fourth-order valence-corrected chi connectivity index (χ4v) is 3.64. The Balaban J connectivity index is 1.39. The number of hydrogen-bond acceptors (Lipinski definition) is 5. The number of benzene rings is 1. The van der Waals surface area contributed by atoms with Crippen molar-refractivity contribution >= 4 is 11.9 Å². The van der Waals surface area contributed by atoms with E-state index in [0.29, 0.717) is 44.2 Å². The minimum absolute atomic E-state index is 0.0303. The van der Waals surface area contributed by atoms with E-state index >= 15 is 0 Å². The molecule has 0 spiro atoms. The smallest absolute Gasteiger partial charge is 0.288 e. The summed E-state index contributed by atoms with van der Waals surface area (Å²) in [6.45, 7) is 6.31. The number of anilines is 1. The molecule has 1 saturated heterocycles. The summed E-state index contributed by atoms with van der Waals surface area (Å²) < 4.78 is 16.0. The molecule has 3 heterocycles. The van der Waals surface area contributed by atoms with Crippen molar-refractivity contribution in [2.45, 2.75) is 26.3 Å². The van der Waals surface area contributed by atoms with E-state index in [4.69, 9.17) is 0 Å². The summed E-state index contributed by atoms with van der Waals surface area (Å²) in [6.07, 6.45) is 5.38. The molecule has 9 heteroatoms. The Morgan fingerprint density at radius 3 is 2.48 bits per heavy atom. The summed E-state index contributed by atoms with van der Waals surface area (Å²) in [7, 11) is 0. The lowest BCUT2D eigenvalue weighted by Gasteiger charge is -2.35. The second-order valence-corrected chi connectivity index (χ2v) is 7.95. The van der Waals surface area contributed by atoms with Crippen molar-refractivity contribution < 1.29 is 9.18 Å². The SMILES string of the molecule is CC(C)c1nc(N2CCN(C(=O)c3ccc(Cn4ccnc4)cc3)CC2)[nH]c(=O)c1F. The van der Waals surface area contributed by atoms with E-state index in [0.717, 1.165) is 5.56 Å². The number of aromatic amines is 1. The van der Waals surface area contributed by atoms with Crippen LogP contribution in [0.1, 0.15) is 41.4 Å². The largest absolute Gasteiger partial charge is 0.339 e. The maximum Gasteiger partial charge on any atom is 0.288 e. The van der Waals surface area contributed by atoms with Crippen LogP contribution < -0.4 is 10.5 Å². The number of H-pyrrole nitrogens is 1. The summed E-state index contributed by atoms with van der Waals surface area (Å²) in [5.74, 6) is -0.701. The molecule has 0 unspecified atom stereocenters. The Hall–Kier alpha value is -3.49. The Labute approximate surface area is 179 Å². The molecule has 0 saturated carbocycles. The zero-order valence-electron chi connectivity index (χ0n) is 17.6. The Morgan fingerprint density at radius 1 is 1.16 bits per heavy atom. The van der Waals surface area contributed by atoms with Crippen molar-refractivity contribution in [1.29, 1.82) is 0 Å². The highest BCUT2D eigenvalue weighted by Gasteiger charge is 2.25. The first-order chi connectivity index (χ1) is 14.9. The number of hydrogen-bond donors (Lipinski definition) is 1. The van der Waals surface area contributed by atoms with Crippen molar-refractivity contribution in [3.8, 4) is 0 Å². The van der Waals surface area contributed by atoms with Crippen molar-refractivity contribution in [3.05, 3.63) is 76.0 Å². The summed E-state index contributed by atoms with van der Waals surface area (Å²) in [5.41, 5.74) is 1.13. The van der Waals surface area contributed by atoms with Crippen molar-refractivity contribution in [2.75, 3.05) is 31.1 Å². The molecule has 1 N–H and O–H groups in total. The highest BCUT2D eigenvalue weighted by molar-refractivity contribution is 5.94. The molecule has 1 aliphatic rings. The number of nitrogens with one attached hydrogen (secondary N) is 1. The van der Waals surface area contributed by atoms with Crippen LogP contribution in [0.15, 0.2) is 47.8 Å². The van der Waals surface area contributed by atoms with Gasteiger partial charge in [-0.1, -0.05) is 26.0 Å². The van der Waals surface area contributed by atoms with Crippen LogP contribution in [0.5, 0.6) is 0 Å². The topological polar surface area (TPSA) is 87.1 Å². The number of rotatable bonds is 5. The number of halogens is 1. The van der Waals surface area contributed by atoms with Gasteiger partial charge in [-0.25, -0.2) is 9.97 Å². The molecule has 0 aliphatic carbocycles. The van der Waals surface area contributed by atoms with E-state index in [9.17, 15) is 14.0 Å². The summed E-state index contributed by atoms with van der Waals surface area (Å²) >= 11 is 0. The van der Waals surface area contributed by atoms with Gasteiger partial charge in [0.05, 0.1) is 12.0 Å². The molecule has 0 radical (unpaired) electrons. The Morgan fingerprint density at radius 2 is 1.87 bits per heavy atom. The van der Waals surface area contributed by atoms with Gasteiger partial charge >= 0.3 is 0 Å². The van der Waals surface area contributed by atoms with Crippen LogP contribution >= 0.6 is 0 Å². The van der Waals surface area contributed by atoms with Gasteiger partial charge in [-0.15, -0.1) is 0 Å². The number of amides is 1. The molecule has 0 bridgehead atoms. The Kier molecular flexibility index (Phi) is 5.83. The van der Waals surface area contributed by atoms with Crippen LogP contribution in [0.2, 0.25) is 0 Å². The van der Waals surface area contributed by atoms with Gasteiger partial charge in [0.25, 0.3) is 11.5 Å². The number of nitrogens with zero attached hydrogens (tertiary/aromatic N) is 5. The van der Waals surface area contributed by atoms with Gasteiger partial charge in [0.2, 0.25) is 11.8 Å². The number of aromatic nitrogens is 4. The number of piperazine rings is 1. The average molecular weight is 424 g/mol. The predicted molar refractivity (Wildman–Crippen MR) is 115 cm³/mol. The molecule has 4 rings (SSSR count). The summed E-state index contributed by atoms with van der Waals surface area (Å²) in [4.78, 5) is 39.3. The minimum atomic E-state index is -0.830. The first kappa shape index (κ1) is 20.8. The second-order valence-electron chi connectivity index (χ2n) is 7.95. The van der Waals surface area contributed by atoms with E-state index < -0.39 is 11.4 Å². The summed E-state index contributed by atoms with van der Waals surface area (Å²) in [5, 5.41) is 0. The first-order valence-corrected chi connectivity index (χ1v) is 10.3. The van der Waals surface area contributed by atoms with Crippen molar-refractivity contribution in [2.24, 2.45) is 0 Å². The van der Waals surface area contributed by atoms with Crippen LogP contribution in [-0.4, -0.2) is 56.5 Å². The average Bonchev–Trinajstić information content (AvgIpc) is 3.28. The van der Waals surface area contributed by atoms with E-state index in [1.54, 1.807) is 31.3 Å². The van der Waals surface area contributed by atoms with Crippen LogP contribution in [0.3, 0.4) is 0 Å². The normalized spacial score (nSPS) is 14.3. The summed E-state index contributed by atoms with van der Waals surface area (Å²) in [6, 6.07) is 7.58. The lowest BCUT2D eigenvalue weighted by atomic mass is 10.1. The predicted octanol–water partition coefficient (Wildman–Crippen LogP) is 2.24. The van der Waals surface area contributed by atoms with Gasteiger partial charge < -0.3 is 14.4 Å². The highest BCUT2D eigenvalue weighted by Crippen LogP contribution is 2.18. The Bertz CT molecular complexity index is 1100. The van der Waals surface area contributed by atoms with Gasteiger partial charge in [-0.3, -0.25) is 14.6 Å². The number of carbonyl (C=O) groups is 1. The third-order valence-corrected chi connectivity index (χ3v) is 5.41. The maximum atomic E-state index is 14.0. The maximum absolute atomic E-state index is 14.0. The molecule has 1 aliphatic heterocycles. The molecule has 1 aromatic carbocycles. The molecule has 2 aromatic heterocycles. The van der Waals surface area contributed by atoms with Crippen LogP contribution in [0.25, 0.3) is 0 Å². The molecule has 3 aromatic rings. The molecule has 162 valence electrons. The third-order valence-electron chi connectivity index (χ3n) is 5.41. The highest BCUT2D eigenvalue weighted by atomic mass is 19.1. The first-order valence-electron chi connectivity index (χ1n) is 10.3. The van der Waals surface area contributed by atoms with Crippen LogP contribution in [0.4, 0.5) is 10.3 Å². The second kappa shape index (κ2) is 8.71. The van der Waals surface area contributed by atoms with Gasteiger partial charge in [0.1, 0.15) is 0 Å². The standard InChI is InChI=1S/C22H25FN6O2/c1-15(2)19-18(23)20(30)26-22(25-19)29-11-9-28(10-12-29)21(31)17-5-3-16(4-6-17)13-27-8-7-24-14-27/h3-8,14-15H,9-13H2,1-2H3,(H,25,26,30). The minimum Gasteiger partial charge on any atom is -0.339 e. The van der Waals surface area contributed by atoms with Gasteiger partial charge in [-0.2, -0.15) is 4.39 Å². The molecular weight excluding hydrogens is 399 g/mol. The molecule has 0 atom stereocenters. The third kappa shape index (κ3) is 4.50. The van der Waals surface area contributed by atoms with Crippen LogP contribution in [-0.2, 0) is 6.54 Å². The fraction of sp³-hybridized carbons (Fsp3) is 0.364. The quantitative estimate of drug-likeness (QED) is 0.679. The van der Waals surface area contributed by atoms with Gasteiger partial charge in [0, 0.05) is 50.7 Å². The number of imidazole rings is 1. The van der Waals surface area contributed by atoms with E-state index in [1.807, 2.05) is 39.9 Å². The zero-order chi connectivity index (χ0) is 22.0. The lowest BCUT2D eigenvalue weighted by molar-refractivity contribution is 0.0746. The lowest BCUT2D eigenvalue weighted by Crippen LogP contribution is -2.49. The zero-order valence-corrected chi connectivity index (χ0v) is 17.6. The monoisotopic (exact) mass is 424 g/mol. The molecule has 31 heavy (non-hydrogen) atoms. The molecular formula is C22H25FN6O2. The fourth-order valence-electron chi connectivity index (χ4n) is 3.64. The number of carbonyl (C=O) groups excluding carboxylic acids is 1. The van der Waals surface area contributed by atoms with E-state index in [1.165, 1.54) is 0 Å². The van der Waals surface area contributed by atoms with Crippen LogP contribution in [0, 0.1) is 5.82 Å². The van der Waals surface area contributed by atoms with Crippen molar-refractivity contribution in [3.63, 3.8) is 0 Å². The molecule has 1 fully saturated rings. The van der Waals surface area contributed by atoms with E-state index in [2.05, 4.69) is 15.0 Å². The van der Waals surface area contributed by atoms with E-state index in [-0.39, 0.29) is 17.5 Å². The van der Waals surface area contributed by atoms with Gasteiger partial charge in [-0.05, 0) is 23.6 Å². The van der Waals surface area contributed by atoms with Crippen molar-refractivity contribution in [1.82, 2.24) is 24.4 Å². The molecule has 8 nitrogen and oxygen atoms in total. The molecule has 1 amide bonds. The van der Waals surface area contributed by atoms with Gasteiger partial charge in [0.15, 0.2) is 0 Å².